The van der Waals surface area contributed by atoms with E-state index in [0.29, 0.717) is 0 Å². The van der Waals surface area contributed by atoms with Crippen molar-refractivity contribution in [1.82, 2.24) is 4.90 Å². The van der Waals surface area contributed by atoms with E-state index in [-0.39, 0.29) is 0 Å². The summed E-state index contributed by atoms with van der Waals surface area (Å²) in [5.41, 5.74) is 2.53. The monoisotopic (exact) mass is 231 g/mol. The van der Waals surface area contributed by atoms with Crippen LogP contribution < -0.4 is 0 Å². The Morgan fingerprint density at radius 2 is 1.59 bits per heavy atom. The molecule has 0 N–H and O–H groups in total. The molecular formula is C16H25N. The van der Waals surface area contributed by atoms with E-state index in [2.05, 4.69) is 55.7 Å². The first kappa shape index (κ1) is 14.0. The van der Waals surface area contributed by atoms with Crippen molar-refractivity contribution in [2.45, 2.75) is 33.1 Å². The minimum absolute atomic E-state index is 1.07. The molecule has 1 aromatic rings. The van der Waals surface area contributed by atoms with Crippen molar-refractivity contribution in [3.05, 3.63) is 42.5 Å². The summed E-state index contributed by atoms with van der Waals surface area (Å²) in [7, 11) is 0. The normalized spacial score (nSPS) is 10.8. The third-order valence-electron chi connectivity index (χ3n) is 2.99. The Balaban J connectivity index is 2.41. The van der Waals surface area contributed by atoms with Crippen LogP contribution in [0.2, 0.25) is 0 Å². The van der Waals surface area contributed by atoms with Gasteiger partial charge in [-0.15, -0.1) is 0 Å². The van der Waals surface area contributed by atoms with Crippen molar-refractivity contribution in [3.8, 4) is 0 Å². The van der Waals surface area contributed by atoms with E-state index < -0.39 is 0 Å². The van der Waals surface area contributed by atoms with Gasteiger partial charge in [0.25, 0.3) is 0 Å². The van der Waals surface area contributed by atoms with Crippen LogP contribution in [0, 0.1) is 0 Å². The number of hydrogen-bond acceptors (Lipinski definition) is 1. The fourth-order valence-electron chi connectivity index (χ4n) is 2.08. The molecule has 0 saturated carbocycles. The lowest BCUT2D eigenvalue weighted by atomic mass is 10.0. The Bertz CT molecular complexity index is 310. The second-order valence-electron chi connectivity index (χ2n) is 4.56. The number of benzene rings is 1. The summed E-state index contributed by atoms with van der Waals surface area (Å²) < 4.78 is 0. The highest BCUT2D eigenvalue weighted by Crippen LogP contribution is 2.16. The van der Waals surface area contributed by atoms with E-state index in [1.54, 1.807) is 0 Å². The molecule has 17 heavy (non-hydrogen) atoms. The summed E-state index contributed by atoms with van der Waals surface area (Å²) >= 11 is 0. The van der Waals surface area contributed by atoms with Gasteiger partial charge in [-0.1, -0.05) is 50.8 Å². The lowest BCUT2D eigenvalue weighted by Crippen LogP contribution is -2.26. The Morgan fingerprint density at radius 1 is 1.00 bits per heavy atom. The molecule has 0 aromatic heterocycles. The fourth-order valence-corrected chi connectivity index (χ4v) is 2.08. The first-order chi connectivity index (χ1) is 8.27. The fraction of sp³-hybridized carbons (Fsp3) is 0.500. The van der Waals surface area contributed by atoms with E-state index in [9.17, 15) is 0 Å². The van der Waals surface area contributed by atoms with Crippen LogP contribution in [0.3, 0.4) is 0 Å². The molecule has 1 rings (SSSR count). The Hall–Kier alpha value is -1.08. The summed E-state index contributed by atoms with van der Waals surface area (Å²) in [4.78, 5) is 2.54. The molecule has 1 aromatic carbocycles. The van der Waals surface area contributed by atoms with Gasteiger partial charge in [-0.3, -0.25) is 0 Å². The summed E-state index contributed by atoms with van der Waals surface area (Å²) in [6, 6.07) is 10.5. The third kappa shape index (κ3) is 5.18. The lowest BCUT2D eigenvalue weighted by molar-refractivity contribution is 0.281. The summed E-state index contributed by atoms with van der Waals surface area (Å²) in [5.74, 6) is 0. The van der Waals surface area contributed by atoms with E-state index in [1.165, 1.54) is 37.1 Å². The van der Waals surface area contributed by atoms with Gasteiger partial charge in [0, 0.05) is 6.54 Å². The molecule has 0 amide bonds. The van der Waals surface area contributed by atoms with Gasteiger partial charge in [0.05, 0.1) is 0 Å². The number of rotatable bonds is 8. The molecule has 0 unspecified atom stereocenters. The Labute approximate surface area is 106 Å². The molecule has 0 heterocycles. The van der Waals surface area contributed by atoms with Gasteiger partial charge in [-0.25, -0.2) is 0 Å². The average molecular weight is 231 g/mol. The highest BCUT2D eigenvalue weighted by Gasteiger charge is 2.04. The number of hydrogen-bond donors (Lipinski definition) is 0. The highest BCUT2D eigenvalue weighted by atomic mass is 15.1. The van der Waals surface area contributed by atoms with Gasteiger partial charge in [-0.05, 0) is 43.5 Å². The first-order valence-electron chi connectivity index (χ1n) is 6.73. The van der Waals surface area contributed by atoms with Gasteiger partial charge in [0.1, 0.15) is 0 Å². The minimum Gasteiger partial charge on any atom is -0.303 e. The molecule has 0 radical (unpaired) electrons. The van der Waals surface area contributed by atoms with Crippen LogP contribution in [0.4, 0.5) is 0 Å². The van der Waals surface area contributed by atoms with Crippen LogP contribution in [-0.4, -0.2) is 24.5 Å². The maximum absolute atomic E-state index is 4.19. The van der Waals surface area contributed by atoms with Gasteiger partial charge in [0.15, 0.2) is 0 Å². The van der Waals surface area contributed by atoms with Gasteiger partial charge >= 0.3 is 0 Å². The lowest BCUT2D eigenvalue weighted by Gasteiger charge is -2.21. The third-order valence-corrected chi connectivity index (χ3v) is 2.99. The smallest absolute Gasteiger partial charge is 0.00218 e. The van der Waals surface area contributed by atoms with E-state index in [4.69, 9.17) is 0 Å². The zero-order chi connectivity index (χ0) is 12.5. The molecule has 0 bridgehead atoms. The van der Waals surface area contributed by atoms with Crippen LogP contribution >= 0.6 is 0 Å². The van der Waals surface area contributed by atoms with Crippen molar-refractivity contribution in [3.63, 3.8) is 0 Å². The molecule has 1 nitrogen and oxygen atoms in total. The second kappa shape index (κ2) is 8.08. The van der Waals surface area contributed by atoms with Crippen LogP contribution in [0.25, 0.3) is 5.57 Å². The summed E-state index contributed by atoms with van der Waals surface area (Å²) in [6.45, 7) is 12.2. The van der Waals surface area contributed by atoms with Crippen molar-refractivity contribution < 1.29 is 0 Å². The maximum atomic E-state index is 4.19. The van der Waals surface area contributed by atoms with E-state index in [1.807, 2.05) is 0 Å². The standard InChI is InChI=1S/C16H25N/c1-4-12-17(13-5-2)14-11-15(3)16-9-7-6-8-10-16/h6-10H,3-5,11-14H2,1-2H3. The predicted octanol–water partition coefficient (Wildman–Crippen LogP) is 4.21. The van der Waals surface area contributed by atoms with Crippen LogP contribution in [-0.2, 0) is 0 Å². The van der Waals surface area contributed by atoms with E-state index >= 15 is 0 Å². The van der Waals surface area contributed by atoms with Gasteiger partial charge in [0.2, 0.25) is 0 Å². The van der Waals surface area contributed by atoms with Crippen LogP contribution in [0.15, 0.2) is 36.9 Å². The molecule has 94 valence electrons. The Kier molecular flexibility index (Phi) is 6.64. The molecule has 0 spiro atoms. The molecular weight excluding hydrogens is 206 g/mol. The molecule has 0 aliphatic carbocycles. The van der Waals surface area contributed by atoms with Crippen LogP contribution in [0.5, 0.6) is 0 Å². The molecule has 0 aliphatic rings. The topological polar surface area (TPSA) is 3.24 Å². The molecule has 0 aliphatic heterocycles. The minimum atomic E-state index is 1.07. The zero-order valence-electron chi connectivity index (χ0n) is 11.3. The molecule has 0 saturated heterocycles. The quantitative estimate of drug-likeness (QED) is 0.647. The van der Waals surface area contributed by atoms with E-state index in [0.717, 1.165) is 13.0 Å². The maximum Gasteiger partial charge on any atom is 0.00218 e. The molecule has 1 heteroatoms. The summed E-state index contributed by atoms with van der Waals surface area (Å²) in [6.07, 6.45) is 3.54. The SMILES string of the molecule is C=C(CCN(CCC)CCC)c1ccccc1. The van der Waals surface area contributed by atoms with Crippen molar-refractivity contribution >= 4 is 5.57 Å². The van der Waals surface area contributed by atoms with Gasteiger partial charge < -0.3 is 4.90 Å². The van der Waals surface area contributed by atoms with Crippen molar-refractivity contribution in [2.24, 2.45) is 0 Å². The summed E-state index contributed by atoms with van der Waals surface area (Å²) in [5, 5.41) is 0. The highest BCUT2D eigenvalue weighted by molar-refractivity contribution is 5.63. The Morgan fingerprint density at radius 3 is 2.12 bits per heavy atom. The van der Waals surface area contributed by atoms with Crippen molar-refractivity contribution in [1.29, 1.82) is 0 Å². The zero-order valence-corrected chi connectivity index (χ0v) is 11.3. The molecule has 0 fully saturated rings. The first-order valence-corrected chi connectivity index (χ1v) is 6.73. The average Bonchev–Trinajstić information content (AvgIpc) is 2.37. The van der Waals surface area contributed by atoms with Crippen LogP contribution in [0.1, 0.15) is 38.7 Å². The second-order valence-corrected chi connectivity index (χ2v) is 4.56. The predicted molar refractivity (Wildman–Crippen MR) is 77.1 cm³/mol. The number of nitrogens with zero attached hydrogens (tertiary/aromatic N) is 1. The molecule has 0 atom stereocenters. The largest absolute Gasteiger partial charge is 0.303 e. The van der Waals surface area contributed by atoms with Crippen molar-refractivity contribution in [2.75, 3.05) is 19.6 Å². The van der Waals surface area contributed by atoms with Gasteiger partial charge in [-0.2, -0.15) is 0 Å².